The lowest BCUT2D eigenvalue weighted by Gasteiger charge is -2.17. The van der Waals surface area contributed by atoms with Crippen molar-refractivity contribution in [1.82, 2.24) is 0 Å². The molecule has 0 amide bonds. The predicted octanol–water partition coefficient (Wildman–Crippen LogP) is 8.96. The van der Waals surface area contributed by atoms with Gasteiger partial charge in [-0.25, -0.2) is 4.79 Å². The molecule has 186 valence electrons. The third-order valence-electron chi connectivity index (χ3n) is 6.37. The Labute approximate surface area is 211 Å². The van der Waals surface area contributed by atoms with Crippen LogP contribution < -0.4 is 4.74 Å². The first kappa shape index (κ1) is 26.5. The van der Waals surface area contributed by atoms with E-state index in [0.717, 1.165) is 48.3 Å². The molecule has 0 aliphatic rings. The first-order valence-electron chi connectivity index (χ1n) is 13.3. The van der Waals surface area contributed by atoms with E-state index < -0.39 is 0 Å². The summed E-state index contributed by atoms with van der Waals surface area (Å²) in [4.78, 5) is 12.8. The van der Waals surface area contributed by atoms with Crippen molar-refractivity contribution in [1.29, 1.82) is 0 Å². The van der Waals surface area contributed by atoms with E-state index in [1.807, 2.05) is 43.3 Å². The monoisotopic (exact) mass is 472 g/mol. The third-order valence-corrected chi connectivity index (χ3v) is 6.37. The van der Waals surface area contributed by atoms with Crippen LogP contribution in [-0.2, 0) is 11.2 Å². The number of carbonyl (C=O) groups excluding carboxylic acids is 1. The first-order chi connectivity index (χ1) is 17.1. The molecule has 0 heterocycles. The first-order valence-corrected chi connectivity index (χ1v) is 13.3. The molecule has 3 heteroatoms. The molecule has 0 saturated heterocycles. The van der Waals surface area contributed by atoms with Gasteiger partial charge in [0, 0.05) is 0 Å². The van der Waals surface area contributed by atoms with Crippen molar-refractivity contribution in [2.24, 2.45) is 0 Å². The highest BCUT2D eigenvalue weighted by molar-refractivity contribution is 5.89. The molecular formula is C32H40O3. The summed E-state index contributed by atoms with van der Waals surface area (Å²) in [6.45, 7) is 7.21. The van der Waals surface area contributed by atoms with Gasteiger partial charge in [0.2, 0.25) is 0 Å². The second-order valence-corrected chi connectivity index (χ2v) is 9.16. The van der Waals surface area contributed by atoms with Crippen LogP contribution in [0.1, 0.15) is 93.3 Å². The maximum absolute atomic E-state index is 12.8. The molecule has 3 nitrogen and oxygen atoms in total. The van der Waals surface area contributed by atoms with Crippen molar-refractivity contribution >= 4 is 5.97 Å². The Morgan fingerprint density at radius 2 is 1.31 bits per heavy atom. The van der Waals surface area contributed by atoms with Crippen molar-refractivity contribution < 1.29 is 14.3 Å². The van der Waals surface area contributed by atoms with Crippen LogP contribution in [-0.4, -0.2) is 12.6 Å². The van der Waals surface area contributed by atoms with E-state index >= 15 is 0 Å². The molecule has 0 N–H and O–H groups in total. The lowest BCUT2D eigenvalue weighted by molar-refractivity contribution is 0.0288. The highest BCUT2D eigenvalue weighted by Crippen LogP contribution is 2.27. The fourth-order valence-corrected chi connectivity index (χ4v) is 4.15. The molecule has 1 atom stereocenters. The summed E-state index contributed by atoms with van der Waals surface area (Å²) in [5, 5.41) is 0. The number of ether oxygens (including phenoxy) is 2. The van der Waals surface area contributed by atoms with Gasteiger partial charge in [-0.2, -0.15) is 0 Å². The number of hydrogen-bond donors (Lipinski definition) is 0. The number of unbranched alkanes of at least 4 members (excludes halogenated alkanes) is 4. The zero-order valence-corrected chi connectivity index (χ0v) is 21.6. The maximum atomic E-state index is 12.8. The third kappa shape index (κ3) is 8.28. The summed E-state index contributed by atoms with van der Waals surface area (Å²) >= 11 is 0. The zero-order valence-electron chi connectivity index (χ0n) is 21.6. The van der Waals surface area contributed by atoms with Crippen LogP contribution >= 0.6 is 0 Å². The molecule has 3 rings (SSSR count). The standard InChI is InChI=1S/C32H40O3/c1-4-7-9-11-25-12-14-29(15-13-25)32(33)35-31(6-3)28-18-16-26(17-19-28)27-20-22-30(23-21-27)34-24-10-8-5-2/h12-23,31H,4-11,24H2,1-3H3. The highest BCUT2D eigenvalue weighted by Gasteiger charge is 2.16. The molecule has 0 aliphatic heterocycles. The average Bonchev–Trinajstić information content (AvgIpc) is 2.91. The minimum atomic E-state index is -0.268. The summed E-state index contributed by atoms with van der Waals surface area (Å²) in [6, 6.07) is 24.4. The Bertz CT molecular complexity index is 1000. The molecule has 3 aromatic rings. The molecule has 35 heavy (non-hydrogen) atoms. The van der Waals surface area contributed by atoms with Gasteiger partial charge in [0.15, 0.2) is 0 Å². The molecule has 3 aromatic carbocycles. The van der Waals surface area contributed by atoms with E-state index in [9.17, 15) is 4.79 Å². The van der Waals surface area contributed by atoms with Crippen LogP contribution in [0.5, 0.6) is 5.75 Å². The van der Waals surface area contributed by atoms with Gasteiger partial charge in [-0.1, -0.05) is 95.0 Å². The molecule has 0 bridgehead atoms. The van der Waals surface area contributed by atoms with E-state index in [4.69, 9.17) is 9.47 Å². The maximum Gasteiger partial charge on any atom is 0.338 e. The molecule has 0 fully saturated rings. The minimum Gasteiger partial charge on any atom is -0.494 e. The van der Waals surface area contributed by atoms with E-state index in [0.29, 0.717) is 5.56 Å². The molecule has 0 saturated carbocycles. The van der Waals surface area contributed by atoms with Crippen molar-refractivity contribution in [2.45, 2.75) is 78.2 Å². The largest absolute Gasteiger partial charge is 0.494 e. The summed E-state index contributed by atoms with van der Waals surface area (Å²) in [5.41, 5.74) is 5.16. The second kappa shape index (κ2) is 14.4. The number of aryl methyl sites for hydroxylation is 1. The fourth-order valence-electron chi connectivity index (χ4n) is 4.15. The lowest BCUT2D eigenvalue weighted by Crippen LogP contribution is -2.11. The van der Waals surface area contributed by atoms with Gasteiger partial charge in [-0.3, -0.25) is 0 Å². The van der Waals surface area contributed by atoms with Gasteiger partial charge in [-0.05, 0) is 72.2 Å². The molecule has 0 spiro atoms. The summed E-state index contributed by atoms with van der Waals surface area (Å²) < 4.78 is 11.7. The summed E-state index contributed by atoms with van der Waals surface area (Å²) in [7, 11) is 0. The Hall–Kier alpha value is -3.07. The normalized spacial score (nSPS) is 11.7. The zero-order chi connectivity index (χ0) is 24.9. The highest BCUT2D eigenvalue weighted by atomic mass is 16.5. The van der Waals surface area contributed by atoms with E-state index in [1.54, 1.807) is 0 Å². The van der Waals surface area contributed by atoms with Crippen molar-refractivity contribution in [3.63, 3.8) is 0 Å². The summed E-state index contributed by atoms with van der Waals surface area (Å²) in [6.07, 6.45) is 8.64. The Morgan fingerprint density at radius 3 is 1.91 bits per heavy atom. The smallest absolute Gasteiger partial charge is 0.338 e. The Kier molecular flexibility index (Phi) is 10.9. The number of benzene rings is 3. The topological polar surface area (TPSA) is 35.5 Å². The fraction of sp³-hybridized carbons (Fsp3) is 0.406. The van der Waals surface area contributed by atoms with Crippen LogP contribution in [0.2, 0.25) is 0 Å². The van der Waals surface area contributed by atoms with E-state index in [2.05, 4.69) is 50.2 Å². The van der Waals surface area contributed by atoms with Crippen LogP contribution in [0.3, 0.4) is 0 Å². The van der Waals surface area contributed by atoms with Crippen molar-refractivity contribution in [3.05, 3.63) is 89.5 Å². The number of carbonyl (C=O) groups is 1. The van der Waals surface area contributed by atoms with Gasteiger partial charge >= 0.3 is 5.97 Å². The van der Waals surface area contributed by atoms with Crippen LogP contribution in [0, 0.1) is 0 Å². The number of hydrogen-bond acceptors (Lipinski definition) is 3. The number of rotatable bonds is 14. The minimum absolute atomic E-state index is 0.264. The molecule has 1 unspecified atom stereocenters. The molecule has 0 radical (unpaired) electrons. The number of esters is 1. The molecular weight excluding hydrogens is 432 g/mol. The van der Waals surface area contributed by atoms with Gasteiger partial charge in [0.25, 0.3) is 0 Å². The van der Waals surface area contributed by atoms with Crippen LogP contribution in [0.15, 0.2) is 72.8 Å². The SMILES string of the molecule is CCCCCOc1ccc(-c2ccc(C(CC)OC(=O)c3ccc(CCCCC)cc3)cc2)cc1. The molecule has 0 aromatic heterocycles. The predicted molar refractivity (Wildman–Crippen MR) is 145 cm³/mol. The molecule has 0 aliphatic carbocycles. The average molecular weight is 473 g/mol. The summed E-state index contributed by atoms with van der Waals surface area (Å²) in [5.74, 6) is 0.643. The van der Waals surface area contributed by atoms with Crippen molar-refractivity contribution in [2.75, 3.05) is 6.61 Å². The van der Waals surface area contributed by atoms with Crippen molar-refractivity contribution in [3.8, 4) is 16.9 Å². The van der Waals surface area contributed by atoms with Gasteiger partial charge in [0.05, 0.1) is 12.2 Å². The second-order valence-electron chi connectivity index (χ2n) is 9.16. The Balaban J connectivity index is 1.57. The van der Waals surface area contributed by atoms with E-state index in [1.165, 1.54) is 37.7 Å². The quantitative estimate of drug-likeness (QED) is 0.173. The van der Waals surface area contributed by atoms with Gasteiger partial charge < -0.3 is 9.47 Å². The van der Waals surface area contributed by atoms with Gasteiger partial charge in [-0.15, -0.1) is 0 Å². The van der Waals surface area contributed by atoms with Crippen LogP contribution in [0.25, 0.3) is 11.1 Å². The van der Waals surface area contributed by atoms with Crippen LogP contribution in [0.4, 0.5) is 0 Å². The lowest BCUT2D eigenvalue weighted by atomic mass is 10.0. The van der Waals surface area contributed by atoms with Gasteiger partial charge in [0.1, 0.15) is 11.9 Å². The van der Waals surface area contributed by atoms with E-state index in [-0.39, 0.29) is 12.1 Å². The Morgan fingerprint density at radius 1 is 0.714 bits per heavy atom.